The predicted octanol–water partition coefficient (Wildman–Crippen LogP) is -0.502. The summed E-state index contributed by atoms with van der Waals surface area (Å²) >= 11 is 0. The van der Waals surface area contributed by atoms with Gasteiger partial charge >= 0.3 is 0 Å². The zero-order chi connectivity index (χ0) is 16.9. The summed E-state index contributed by atoms with van der Waals surface area (Å²) in [4.78, 5) is 0. The van der Waals surface area contributed by atoms with Gasteiger partial charge in [0.05, 0.1) is 11.1 Å². The molecule has 0 amide bonds. The molecule has 10 heteroatoms. The summed E-state index contributed by atoms with van der Waals surface area (Å²) in [5.74, 6) is -10.8. The van der Waals surface area contributed by atoms with Crippen LogP contribution in [0.4, 0.5) is 0 Å². The Morgan fingerprint density at radius 1 is 0.364 bits per heavy atom. The van der Waals surface area contributed by atoms with E-state index >= 15 is 0 Å². The van der Waals surface area contributed by atoms with Crippen molar-refractivity contribution >= 4 is 13.3 Å². The van der Waals surface area contributed by atoms with Crippen molar-refractivity contribution in [3.8, 4) is 62.9 Å². The third kappa shape index (κ3) is 1.74. The second-order valence-corrected chi connectivity index (χ2v) is 4.30. The normalized spacial score (nSPS) is 10.7. The van der Waals surface area contributed by atoms with E-state index in [9.17, 15) is 46.0 Å². The van der Waals surface area contributed by atoms with Crippen molar-refractivity contribution in [1.29, 1.82) is 0 Å². The molecule has 22 heavy (non-hydrogen) atoms. The van der Waals surface area contributed by atoms with Crippen molar-refractivity contribution in [2.45, 2.75) is 0 Å². The van der Waals surface area contributed by atoms with Crippen molar-refractivity contribution in [2.75, 3.05) is 0 Å². The van der Waals surface area contributed by atoms with Crippen LogP contribution < -0.4 is 5.46 Å². The zero-order valence-electron chi connectivity index (χ0n) is 10.6. The molecule has 0 aliphatic heterocycles. The second-order valence-electron chi connectivity index (χ2n) is 4.30. The summed E-state index contributed by atoms with van der Waals surface area (Å²) in [7, 11) is 5.21. The first kappa shape index (κ1) is 15.1. The lowest BCUT2D eigenvalue weighted by molar-refractivity contribution is 0.329. The van der Waals surface area contributed by atoms with Gasteiger partial charge in [0.15, 0.2) is 34.5 Å². The van der Waals surface area contributed by atoms with Gasteiger partial charge in [-0.3, -0.25) is 0 Å². The molecular weight excluding hydrogens is 299 g/mol. The molecule has 9 N–H and O–H groups in total. The van der Waals surface area contributed by atoms with Gasteiger partial charge in [-0.15, -0.1) is 0 Å². The Morgan fingerprint density at radius 3 is 0.909 bits per heavy atom. The van der Waals surface area contributed by atoms with E-state index < -0.39 is 68.3 Å². The number of rotatable bonds is 1. The van der Waals surface area contributed by atoms with Crippen LogP contribution in [0.3, 0.4) is 0 Å². The summed E-state index contributed by atoms with van der Waals surface area (Å²) in [6, 6.07) is 0. The Hall–Kier alpha value is -3.30. The number of hydrogen-bond acceptors (Lipinski definition) is 9. The second kappa shape index (κ2) is 4.62. The van der Waals surface area contributed by atoms with E-state index in [-0.39, 0.29) is 0 Å². The molecule has 2 aromatic carbocycles. The predicted molar refractivity (Wildman–Crippen MR) is 72.2 cm³/mol. The van der Waals surface area contributed by atoms with Crippen LogP contribution in [-0.4, -0.2) is 53.8 Å². The lowest BCUT2D eigenvalue weighted by atomic mass is 9.88. The van der Waals surface area contributed by atoms with Crippen molar-refractivity contribution in [1.82, 2.24) is 0 Å². The van der Waals surface area contributed by atoms with E-state index in [4.69, 9.17) is 7.85 Å². The van der Waals surface area contributed by atoms with Gasteiger partial charge in [0.2, 0.25) is 17.2 Å². The van der Waals surface area contributed by atoms with E-state index in [1.165, 1.54) is 0 Å². The highest BCUT2D eigenvalue weighted by molar-refractivity contribution is 6.37. The summed E-state index contributed by atoms with van der Waals surface area (Å²) in [5.41, 5.74) is -2.69. The quantitative estimate of drug-likeness (QED) is 0.190. The summed E-state index contributed by atoms with van der Waals surface area (Å²) < 4.78 is 0. The maximum Gasteiger partial charge on any atom is 0.208 e. The van der Waals surface area contributed by atoms with Crippen LogP contribution in [0.5, 0.6) is 51.7 Å². The summed E-state index contributed by atoms with van der Waals surface area (Å²) in [6.45, 7) is 0. The Balaban J connectivity index is 3.03. The first-order valence-corrected chi connectivity index (χ1v) is 5.55. The van der Waals surface area contributed by atoms with E-state index in [2.05, 4.69) is 0 Å². The number of phenolic OH excluding ortho intramolecular Hbond substituents is 9. The van der Waals surface area contributed by atoms with E-state index in [1.54, 1.807) is 0 Å². The van der Waals surface area contributed by atoms with Crippen LogP contribution in [-0.2, 0) is 0 Å². The van der Waals surface area contributed by atoms with Gasteiger partial charge < -0.3 is 46.0 Å². The molecule has 2 aromatic rings. The first-order valence-electron chi connectivity index (χ1n) is 5.55. The minimum Gasteiger partial charge on any atom is -0.505 e. The molecule has 0 heterocycles. The number of benzene rings is 2. The average Bonchev–Trinajstić information content (AvgIpc) is 2.50. The van der Waals surface area contributed by atoms with Crippen molar-refractivity contribution in [3.63, 3.8) is 0 Å². The van der Waals surface area contributed by atoms with Gasteiger partial charge in [0, 0.05) is 0 Å². The third-order valence-corrected chi connectivity index (χ3v) is 3.05. The molecule has 2 rings (SSSR count). The molecule has 0 aromatic heterocycles. The zero-order valence-corrected chi connectivity index (χ0v) is 10.6. The molecule has 9 nitrogen and oxygen atoms in total. The molecule has 0 aliphatic rings. The fraction of sp³-hybridized carbons (Fsp3) is 0. The lowest BCUT2D eigenvalue weighted by Gasteiger charge is -2.17. The van der Waals surface area contributed by atoms with Gasteiger partial charge in [-0.2, -0.15) is 0 Å². The molecule has 0 saturated heterocycles. The number of hydrogen-bond donors (Lipinski definition) is 9. The molecular formula is C12H9BO9. The van der Waals surface area contributed by atoms with Crippen molar-refractivity contribution in [2.24, 2.45) is 0 Å². The largest absolute Gasteiger partial charge is 0.505 e. The van der Waals surface area contributed by atoms with E-state index in [0.717, 1.165) is 0 Å². The highest BCUT2D eigenvalue weighted by Crippen LogP contribution is 2.59. The third-order valence-electron chi connectivity index (χ3n) is 3.05. The fourth-order valence-electron chi connectivity index (χ4n) is 1.88. The van der Waals surface area contributed by atoms with Crippen LogP contribution in [0.1, 0.15) is 0 Å². The number of aromatic hydroxyl groups is 9. The monoisotopic (exact) mass is 308 g/mol. The Bertz CT molecular complexity index is 675. The molecule has 0 bridgehead atoms. The van der Waals surface area contributed by atoms with Crippen LogP contribution in [0.25, 0.3) is 11.1 Å². The first-order chi connectivity index (χ1) is 10.1. The average molecular weight is 308 g/mol. The molecule has 0 saturated carbocycles. The van der Waals surface area contributed by atoms with Crippen LogP contribution in [0.2, 0.25) is 0 Å². The summed E-state index contributed by atoms with van der Waals surface area (Å²) in [5, 5.41) is 86.3. The fourth-order valence-corrected chi connectivity index (χ4v) is 1.88. The number of phenols is 9. The van der Waals surface area contributed by atoms with Crippen molar-refractivity contribution < 1.29 is 46.0 Å². The molecule has 0 unspecified atom stereocenters. The van der Waals surface area contributed by atoms with Crippen LogP contribution in [0, 0.1) is 0 Å². The lowest BCUT2D eigenvalue weighted by Crippen LogP contribution is -2.05. The minimum atomic E-state index is -1.28. The van der Waals surface area contributed by atoms with Gasteiger partial charge in [0.1, 0.15) is 7.85 Å². The minimum absolute atomic E-state index is 0.787. The Kier molecular flexibility index (Phi) is 3.17. The molecule has 114 valence electrons. The molecule has 0 fully saturated rings. The standard InChI is InChI=1S/C12H9BO9/c13-3-8(18)4(14)1(5(15)9(3)19)2-6(16)10(20)12(22)11(21)7(2)17/h14-22H. The van der Waals surface area contributed by atoms with Gasteiger partial charge in [-0.1, -0.05) is 0 Å². The SMILES string of the molecule is [B]c1c(O)c(O)c(-c2c(O)c(O)c(O)c(O)c2O)c(O)c1O. The Morgan fingerprint density at radius 2 is 0.591 bits per heavy atom. The van der Waals surface area contributed by atoms with Gasteiger partial charge in [-0.25, -0.2) is 0 Å². The molecule has 2 radical (unpaired) electrons. The van der Waals surface area contributed by atoms with Gasteiger partial charge in [0.25, 0.3) is 0 Å². The van der Waals surface area contributed by atoms with Crippen molar-refractivity contribution in [3.05, 3.63) is 0 Å². The summed E-state index contributed by atoms with van der Waals surface area (Å²) in [6.07, 6.45) is 0. The topological polar surface area (TPSA) is 182 Å². The molecule has 0 aliphatic carbocycles. The molecule has 0 atom stereocenters. The van der Waals surface area contributed by atoms with Crippen LogP contribution >= 0.6 is 0 Å². The maximum absolute atomic E-state index is 9.79. The van der Waals surface area contributed by atoms with Crippen LogP contribution in [0.15, 0.2) is 0 Å². The van der Waals surface area contributed by atoms with E-state index in [1.807, 2.05) is 0 Å². The Labute approximate surface area is 123 Å². The van der Waals surface area contributed by atoms with Gasteiger partial charge in [-0.05, 0) is 5.46 Å². The highest BCUT2D eigenvalue weighted by Gasteiger charge is 2.31. The molecule has 0 spiro atoms. The maximum atomic E-state index is 9.79. The smallest absolute Gasteiger partial charge is 0.208 e. The van der Waals surface area contributed by atoms with E-state index in [0.29, 0.717) is 0 Å². The highest BCUT2D eigenvalue weighted by atomic mass is 16.4.